The summed E-state index contributed by atoms with van der Waals surface area (Å²) >= 11 is 0. The Morgan fingerprint density at radius 3 is 2.62 bits per heavy atom. The summed E-state index contributed by atoms with van der Waals surface area (Å²) in [5.74, 6) is 1.62. The van der Waals surface area contributed by atoms with Crippen LogP contribution in [0, 0.1) is 0 Å². The molecule has 82 valence electrons. The monoisotopic (exact) mass is 216 g/mol. The lowest BCUT2D eigenvalue weighted by molar-refractivity contribution is 0.418. The minimum atomic E-state index is 0.584. The van der Waals surface area contributed by atoms with Crippen molar-refractivity contribution in [3.05, 3.63) is 24.7 Å². The molecule has 0 aromatic carbocycles. The summed E-state index contributed by atoms with van der Waals surface area (Å²) in [5.41, 5.74) is 0.886. The number of rotatable bonds is 2. The average Bonchev–Trinajstić information content (AvgIpc) is 3.03. The average molecular weight is 216 g/mol. The van der Waals surface area contributed by atoms with E-state index in [-0.39, 0.29) is 0 Å². The number of nitrogens with zero attached hydrogens (tertiary/aromatic N) is 4. The van der Waals surface area contributed by atoms with Gasteiger partial charge in [-0.1, -0.05) is 5.16 Å². The predicted octanol–water partition coefficient (Wildman–Crippen LogP) is 1.73. The van der Waals surface area contributed by atoms with Crippen LogP contribution in [0.5, 0.6) is 0 Å². The van der Waals surface area contributed by atoms with E-state index in [4.69, 9.17) is 4.52 Å². The Morgan fingerprint density at radius 1 is 1.12 bits per heavy atom. The van der Waals surface area contributed by atoms with Crippen molar-refractivity contribution in [3.63, 3.8) is 0 Å². The second kappa shape index (κ2) is 3.92. The fourth-order valence-electron chi connectivity index (χ4n) is 1.95. The lowest BCUT2D eigenvalue weighted by Crippen LogP contribution is -2.18. The summed E-state index contributed by atoms with van der Waals surface area (Å²) in [6, 6.07) is 3.99. The van der Waals surface area contributed by atoms with Crippen molar-refractivity contribution in [2.45, 2.75) is 12.8 Å². The number of hydrogen-bond donors (Lipinski definition) is 0. The minimum absolute atomic E-state index is 0.584. The molecule has 0 amide bonds. The Hall–Kier alpha value is -1.91. The molecule has 0 unspecified atom stereocenters. The van der Waals surface area contributed by atoms with Crippen LogP contribution in [0.3, 0.4) is 0 Å². The van der Waals surface area contributed by atoms with Crippen LogP contribution >= 0.6 is 0 Å². The molecule has 0 N–H and O–H groups in total. The van der Waals surface area contributed by atoms with Gasteiger partial charge in [-0.05, 0) is 25.0 Å². The normalized spacial score (nSPS) is 15.6. The van der Waals surface area contributed by atoms with Gasteiger partial charge in [0.05, 0.1) is 0 Å². The van der Waals surface area contributed by atoms with Crippen molar-refractivity contribution in [1.29, 1.82) is 0 Å². The maximum atomic E-state index is 4.70. The highest BCUT2D eigenvalue weighted by molar-refractivity contribution is 5.55. The Bertz CT molecular complexity index is 445. The molecule has 0 radical (unpaired) electrons. The molecule has 0 saturated carbocycles. The standard InChI is InChI=1S/C11H12N4O/c1-2-6-15(5-1)10-4-3-9(7-12-10)11-13-8-16-14-11/h3-4,7-8H,1-2,5-6H2. The van der Waals surface area contributed by atoms with Crippen LogP contribution in [0.2, 0.25) is 0 Å². The van der Waals surface area contributed by atoms with E-state index < -0.39 is 0 Å². The number of anilines is 1. The molecule has 1 aliphatic rings. The highest BCUT2D eigenvalue weighted by atomic mass is 16.5. The largest absolute Gasteiger partial charge is 0.357 e. The van der Waals surface area contributed by atoms with E-state index in [1.807, 2.05) is 12.1 Å². The Labute approximate surface area is 93.1 Å². The first kappa shape index (κ1) is 9.33. The molecule has 2 aromatic rings. The summed E-state index contributed by atoms with van der Waals surface area (Å²) in [5, 5.41) is 3.77. The van der Waals surface area contributed by atoms with Crippen molar-refractivity contribution >= 4 is 5.82 Å². The lowest BCUT2D eigenvalue weighted by Gasteiger charge is -2.15. The molecule has 0 bridgehead atoms. The van der Waals surface area contributed by atoms with Crippen molar-refractivity contribution in [3.8, 4) is 11.4 Å². The first-order valence-electron chi connectivity index (χ1n) is 5.41. The molecule has 3 rings (SSSR count). The first-order chi connectivity index (χ1) is 7.93. The van der Waals surface area contributed by atoms with Gasteiger partial charge in [0.1, 0.15) is 5.82 Å². The van der Waals surface area contributed by atoms with Crippen LogP contribution in [0.25, 0.3) is 11.4 Å². The maximum absolute atomic E-state index is 4.70. The molecule has 1 aliphatic heterocycles. The zero-order valence-corrected chi connectivity index (χ0v) is 8.83. The Balaban J connectivity index is 1.84. The van der Waals surface area contributed by atoms with E-state index in [0.717, 1.165) is 24.5 Å². The summed E-state index contributed by atoms with van der Waals surface area (Å²) in [7, 11) is 0. The topological polar surface area (TPSA) is 55.1 Å². The molecule has 5 heteroatoms. The van der Waals surface area contributed by atoms with Gasteiger partial charge in [0.2, 0.25) is 12.2 Å². The molecule has 2 aromatic heterocycles. The van der Waals surface area contributed by atoms with Gasteiger partial charge in [-0.15, -0.1) is 0 Å². The number of aromatic nitrogens is 3. The molecular formula is C11H12N4O. The highest BCUT2D eigenvalue weighted by Crippen LogP contribution is 2.20. The van der Waals surface area contributed by atoms with Gasteiger partial charge in [-0.2, -0.15) is 4.98 Å². The van der Waals surface area contributed by atoms with Crippen molar-refractivity contribution in [2.24, 2.45) is 0 Å². The van der Waals surface area contributed by atoms with Gasteiger partial charge in [-0.3, -0.25) is 0 Å². The summed E-state index contributed by atoms with van der Waals surface area (Å²) < 4.78 is 4.70. The van der Waals surface area contributed by atoms with E-state index in [0.29, 0.717) is 5.82 Å². The zero-order valence-electron chi connectivity index (χ0n) is 8.83. The second-order valence-electron chi connectivity index (χ2n) is 3.85. The van der Waals surface area contributed by atoms with E-state index in [9.17, 15) is 0 Å². The lowest BCUT2D eigenvalue weighted by atomic mass is 10.2. The van der Waals surface area contributed by atoms with Crippen molar-refractivity contribution in [2.75, 3.05) is 18.0 Å². The van der Waals surface area contributed by atoms with Crippen LogP contribution in [-0.2, 0) is 0 Å². The fourth-order valence-corrected chi connectivity index (χ4v) is 1.95. The van der Waals surface area contributed by atoms with E-state index >= 15 is 0 Å². The third-order valence-corrected chi connectivity index (χ3v) is 2.80. The van der Waals surface area contributed by atoms with Gasteiger partial charge in [-0.25, -0.2) is 4.98 Å². The van der Waals surface area contributed by atoms with Crippen LogP contribution in [0.4, 0.5) is 5.82 Å². The van der Waals surface area contributed by atoms with E-state index in [2.05, 4.69) is 20.0 Å². The first-order valence-corrected chi connectivity index (χ1v) is 5.41. The zero-order chi connectivity index (χ0) is 10.8. The van der Waals surface area contributed by atoms with Crippen LogP contribution < -0.4 is 4.90 Å². The van der Waals surface area contributed by atoms with E-state index in [1.165, 1.54) is 19.2 Å². The van der Waals surface area contributed by atoms with E-state index in [1.54, 1.807) is 6.20 Å². The van der Waals surface area contributed by atoms with Crippen molar-refractivity contribution < 1.29 is 4.52 Å². The van der Waals surface area contributed by atoms with Crippen LogP contribution in [-0.4, -0.2) is 28.2 Å². The fraction of sp³-hybridized carbons (Fsp3) is 0.364. The molecule has 3 heterocycles. The number of hydrogen-bond acceptors (Lipinski definition) is 5. The summed E-state index contributed by atoms with van der Waals surface area (Å²) in [4.78, 5) is 10.7. The summed E-state index contributed by atoms with van der Waals surface area (Å²) in [6.07, 6.45) is 5.63. The Kier molecular flexibility index (Phi) is 2.29. The maximum Gasteiger partial charge on any atom is 0.214 e. The SMILES string of the molecule is c1nc(-c2ccc(N3CCCC3)nc2)no1. The predicted molar refractivity (Wildman–Crippen MR) is 59.0 cm³/mol. The smallest absolute Gasteiger partial charge is 0.214 e. The molecule has 0 atom stereocenters. The van der Waals surface area contributed by atoms with Gasteiger partial charge in [0.25, 0.3) is 0 Å². The third kappa shape index (κ3) is 1.64. The van der Waals surface area contributed by atoms with Gasteiger partial charge in [0, 0.05) is 24.8 Å². The Morgan fingerprint density at radius 2 is 2.00 bits per heavy atom. The van der Waals surface area contributed by atoms with Crippen LogP contribution in [0.15, 0.2) is 29.2 Å². The van der Waals surface area contributed by atoms with Gasteiger partial charge >= 0.3 is 0 Å². The van der Waals surface area contributed by atoms with Crippen LogP contribution in [0.1, 0.15) is 12.8 Å². The molecule has 1 fully saturated rings. The molecule has 16 heavy (non-hydrogen) atoms. The highest BCUT2D eigenvalue weighted by Gasteiger charge is 2.13. The quantitative estimate of drug-likeness (QED) is 0.765. The molecule has 0 spiro atoms. The summed E-state index contributed by atoms with van der Waals surface area (Å²) in [6.45, 7) is 2.21. The molecular weight excluding hydrogens is 204 g/mol. The minimum Gasteiger partial charge on any atom is -0.357 e. The third-order valence-electron chi connectivity index (χ3n) is 2.80. The van der Waals surface area contributed by atoms with Gasteiger partial charge in [0.15, 0.2) is 0 Å². The molecule has 5 nitrogen and oxygen atoms in total. The molecule has 1 saturated heterocycles. The van der Waals surface area contributed by atoms with Gasteiger partial charge < -0.3 is 9.42 Å². The van der Waals surface area contributed by atoms with Crippen molar-refractivity contribution in [1.82, 2.24) is 15.1 Å². The second-order valence-corrected chi connectivity index (χ2v) is 3.85. The molecule has 0 aliphatic carbocycles. The number of pyridine rings is 1.